The molecule has 0 amide bonds. The second-order valence-electron chi connectivity index (χ2n) is 4.57. The van der Waals surface area contributed by atoms with Crippen molar-refractivity contribution in [2.24, 2.45) is 0 Å². The highest BCUT2D eigenvalue weighted by atomic mass is 16.5. The second-order valence-corrected chi connectivity index (χ2v) is 4.57. The van der Waals surface area contributed by atoms with E-state index in [1.54, 1.807) is 6.20 Å². The molecule has 0 aliphatic rings. The molecule has 4 heteroatoms. The summed E-state index contributed by atoms with van der Waals surface area (Å²) in [6, 6.07) is 0.409. The van der Waals surface area contributed by atoms with Crippen LogP contribution in [0.5, 0.6) is 11.5 Å². The third-order valence-electron chi connectivity index (χ3n) is 2.55. The van der Waals surface area contributed by atoms with Crippen LogP contribution >= 0.6 is 0 Å². The van der Waals surface area contributed by atoms with Crippen molar-refractivity contribution in [3.8, 4) is 11.5 Å². The molecule has 4 nitrogen and oxygen atoms in total. The van der Waals surface area contributed by atoms with E-state index in [2.05, 4.69) is 17.2 Å². The minimum absolute atomic E-state index is 0.0150. The van der Waals surface area contributed by atoms with Crippen molar-refractivity contribution in [2.45, 2.75) is 39.3 Å². The SMILES string of the molecule is CN[C@@H](C)CC=Cc1cncc(OC(C)C)c1O. The molecular formula is C14H22N2O2. The van der Waals surface area contributed by atoms with Crippen molar-refractivity contribution in [3.63, 3.8) is 0 Å². The summed E-state index contributed by atoms with van der Waals surface area (Å²) in [6.45, 7) is 5.92. The number of nitrogens with one attached hydrogen (secondary N) is 1. The molecule has 0 saturated carbocycles. The summed E-state index contributed by atoms with van der Waals surface area (Å²) in [7, 11) is 1.93. The van der Waals surface area contributed by atoms with Crippen molar-refractivity contribution in [3.05, 3.63) is 24.0 Å². The van der Waals surface area contributed by atoms with E-state index in [4.69, 9.17) is 4.74 Å². The lowest BCUT2D eigenvalue weighted by Crippen LogP contribution is -2.19. The molecule has 0 aliphatic carbocycles. The maximum atomic E-state index is 10.0. The normalized spacial score (nSPS) is 13.2. The van der Waals surface area contributed by atoms with Gasteiger partial charge in [-0.25, -0.2) is 0 Å². The highest BCUT2D eigenvalue weighted by molar-refractivity contribution is 5.60. The summed E-state index contributed by atoms with van der Waals surface area (Å²) in [5, 5.41) is 13.2. The zero-order valence-corrected chi connectivity index (χ0v) is 11.5. The fraction of sp³-hybridized carbons (Fsp3) is 0.500. The molecule has 1 aromatic heterocycles. The van der Waals surface area contributed by atoms with Crippen LogP contribution in [0.4, 0.5) is 0 Å². The van der Waals surface area contributed by atoms with Crippen molar-refractivity contribution >= 4 is 6.08 Å². The molecule has 2 N–H and O–H groups in total. The highest BCUT2D eigenvalue weighted by Gasteiger charge is 2.08. The third-order valence-corrected chi connectivity index (χ3v) is 2.55. The van der Waals surface area contributed by atoms with Crippen molar-refractivity contribution in [1.29, 1.82) is 0 Å². The predicted molar refractivity (Wildman–Crippen MR) is 73.8 cm³/mol. The Kier molecular flexibility index (Phi) is 5.65. The Labute approximate surface area is 109 Å². The van der Waals surface area contributed by atoms with Gasteiger partial charge < -0.3 is 15.2 Å². The quantitative estimate of drug-likeness (QED) is 0.814. The van der Waals surface area contributed by atoms with E-state index in [0.29, 0.717) is 17.4 Å². The largest absolute Gasteiger partial charge is 0.504 e. The monoisotopic (exact) mass is 250 g/mol. The molecule has 1 atom stereocenters. The molecule has 0 fully saturated rings. The van der Waals surface area contributed by atoms with Gasteiger partial charge in [0.2, 0.25) is 0 Å². The van der Waals surface area contributed by atoms with Crippen molar-refractivity contribution < 1.29 is 9.84 Å². The summed E-state index contributed by atoms with van der Waals surface area (Å²) in [4.78, 5) is 4.06. The van der Waals surface area contributed by atoms with Gasteiger partial charge in [-0.15, -0.1) is 0 Å². The van der Waals surface area contributed by atoms with Gasteiger partial charge in [0, 0.05) is 17.8 Å². The lowest BCUT2D eigenvalue weighted by atomic mass is 10.1. The van der Waals surface area contributed by atoms with Crippen LogP contribution in [-0.4, -0.2) is 29.3 Å². The molecule has 0 saturated heterocycles. The molecule has 0 spiro atoms. The molecule has 0 unspecified atom stereocenters. The topological polar surface area (TPSA) is 54.4 Å². The zero-order chi connectivity index (χ0) is 13.5. The number of aromatic nitrogens is 1. The maximum absolute atomic E-state index is 10.0. The Morgan fingerprint density at radius 2 is 2.11 bits per heavy atom. The Balaban J connectivity index is 2.77. The van der Waals surface area contributed by atoms with Gasteiger partial charge >= 0.3 is 0 Å². The van der Waals surface area contributed by atoms with E-state index >= 15 is 0 Å². The van der Waals surface area contributed by atoms with Gasteiger partial charge in [0.1, 0.15) is 0 Å². The number of pyridine rings is 1. The van der Waals surface area contributed by atoms with E-state index in [0.717, 1.165) is 6.42 Å². The van der Waals surface area contributed by atoms with Gasteiger partial charge in [-0.05, 0) is 34.2 Å². The van der Waals surface area contributed by atoms with Crippen molar-refractivity contribution in [2.75, 3.05) is 7.05 Å². The first-order valence-corrected chi connectivity index (χ1v) is 6.22. The van der Waals surface area contributed by atoms with Crippen LogP contribution in [0.25, 0.3) is 6.08 Å². The molecule has 100 valence electrons. The fourth-order valence-electron chi connectivity index (χ4n) is 1.43. The lowest BCUT2D eigenvalue weighted by molar-refractivity contribution is 0.230. The van der Waals surface area contributed by atoms with Gasteiger partial charge in [-0.3, -0.25) is 4.98 Å². The smallest absolute Gasteiger partial charge is 0.180 e. The number of hydrogen-bond donors (Lipinski definition) is 2. The summed E-state index contributed by atoms with van der Waals surface area (Å²) in [6.07, 6.45) is 7.94. The van der Waals surface area contributed by atoms with E-state index in [9.17, 15) is 5.11 Å². The average Bonchev–Trinajstić information content (AvgIpc) is 2.33. The predicted octanol–water partition coefficient (Wildman–Crippen LogP) is 2.59. The summed E-state index contributed by atoms with van der Waals surface area (Å²) in [5.74, 6) is 0.570. The van der Waals surface area contributed by atoms with Crippen LogP contribution in [0, 0.1) is 0 Å². The molecule has 0 aromatic carbocycles. The summed E-state index contributed by atoms with van der Waals surface area (Å²) in [5.41, 5.74) is 0.677. The number of rotatable bonds is 6. The Morgan fingerprint density at radius 3 is 2.72 bits per heavy atom. The molecular weight excluding hydrogens is 228 g/mol. The number of aromatic hydroxyl groups is 1. The van der Waals surface area contributed by atoms with Gasteiger partial charge in [-0.1, -0.05) is 12.2 Å². The minimum Gasteiger partial charge on any atom is -0.504 e. The zero-order valence-electron chi connectivity index (χ0n) is 11.5. The summed E-state index contributed by atoms with van der Waals surface area (Å²) < 4.78 is 5.48. The molecule has 18 heavy (non-hydrogen) atoms. The second kappa shape index (κ2) is 7.01. The van der Waals surface area contributed by atoms with Gasteiger partial charge in [0.15, 0.2) is 11.5 Å². The number of hydrogen-bond acceptors (Lipinski definition) is 4. The van der Waals surface area contributed by atoms with E-state index in [1.165, 1.54) is 6.20 Å². The lowest BCUT2D eigenvalue weighted by Gasteiger charge is -2.11. The third kappa shape index (κ3) is 4.37. The Bertz CT molecular complexity index is 403. The Hall–Kier alpha value is -1.55. The van der Waals surface area contributed by atoms with Gasteiger partial charge in [0.05, 0.1) is 12.3 Å². The van der Waals surface area contributed by atoms with Crippen LogP contribution < -0.4 is 10.1 Å². The molecule has 0 aliphatic heterocycles. The fourth-order valence-corrected chi connectivity index (χ4v) is 1.43. The van der Waals surface area contributed by atoms with E-state index in [1.807, 2.05) is 33.0 Å². The highest BCUT2D eigenvalue weighted by Crippen LogP contribution is 2.30. The van der Waals surface area contributed by atoms with E-state index < -0.39 is 0 Å². The number of ether oxygens (including phenoxy) is 1. The maximum Gasteiger partial charge on any atom is 0.180 e. The van der Waals surface area contributed by atoms with E-state index in [-0.39, 0.29) is 11.9 Å². The molecule has 1 rings (SSSR count). The standard InChI is InChI=1S/C14H22N2O2/c1-10(2)18-13-9-16-8-12(14(13)17)7-5-6-11(3)15-4/h5,7-11,15H,6H2,1-4H3,(H,16,17)/t11-/m0/s1. The van der Waals surface area contributed by atoms with Crippen LogP contribution in [0.3, 0.4) is 0 Å². The molecule has 0 bridgehead atoms. The van der Waals surface area contributed by atoms with Crippen LogP contribution in [0.2, 0.25) is 0 Å². The Morgan fingerprint density at radius 1 is 1.39 bits per heavy atom. The molecule has 1 aromatic rings. The van der Waals surface area contributed by atoms with Crippen LogP contribution in [-0.2, 0) is 0 Å². The first-order valence-electron chi connectivity index (χ1n) is 6.22. The molecule has 1 heterocycles. The summed E-state index contributed by atoms with van der Waals surface area (Å²) >= 11 is 0. The molecule has 0 radical (unpaired) electrons. The first-order chi connectivity index (χ1) is 8.54. The van der Waals surface area contributed by atoms with Crippen molar-refractivity contribution in [1.82, 2.24) is 10.3 Å². The number of nitrogens with zero attached hydrogens (tertiary/aromatic N) is 1. The van der Waals surface area contributed by atoms with Gasteiger partial charge in [0.25, 0.3) is 0 Å². The van der Waals surface area contributed by atoms with Crippen LogP contribution in [0.1, 0.15) is 32.8 Å². The average molecular weight is 250 g/mol. The van der Waals surface area contributed by atoms with Gasteiger partial charge in [-0.2, -0.15) is 0 Å². The minimum atomic E-state index is 0.0150. The van der Waals surface area contributed by atoms with Crippen LogP contribution in [0.15, 0.2) is 18.5 Å². The first kappa shape index (κ1) is 14.5.